The number of nitrogen functional groups attached to an aromatic ring is 1. The number of nitrogens with one attached hydrogen (secondary N) is 1. The Morgan fingerprint density at radius 1 is 1.05 bits per heavy atom. The van der Waals surface area contributed by atoms with Crippen LogP contribution in [0.2, 0.25) is 0 Å². The SMILES string of the molecule is COc1ccc(-c2cc(-c3cccc4ccccc34)nc3sc(C(=O)c4c(=O)o[nH][n+]4C)c(N)c23)cc1. The molecule has 0 aliphatic carbocycles. The molecule has 3 N–H and O–H groups in total. The second kappa shape index (κ2) is 8.72. The van der Waals surface area contributed by atoms with E-state index < -0.39 is 11.4 Å². The number of anilines is 1. The van der Waals surface area contributed by atoms with Gasteiger partial charge in [-0.2, -0.15) is 0 Å². The van der Waals surface area contributed by atoms with Crippen LogP contribution < -0.4 is 20.8 Å². The Kier molecular flexibility index (Phi) is 5.35. The molecule has 6 rings (SSSR count). The second-order valence-electron chi connectivity index (χ2n) is 8.55. The van der Waals surface area contributed by atoms with Gasteiger partial charge in [-0.05, 0) is 45.4 Å². The topological polar surface area (TPSA) is 115 Å². The quantitative estimate of drug-likeness (QED) is 0.257. The Morgan fingerprint density at radius 3 is 2.54 bits per heavy atom. The average Bonchev–Trinajstić information content (AvgIpc) is 3.45. The molecule has 0 aliphatic heterocycles. The van der Waals surface area contributed by atoms with Crippen molar-refractivity contribution in [1.82, 2.24) is 10.3 Å². The Morgan fingerprint density at radius 2 is 1.81 bits per heavy atom. The number of hydrogen-bond acceptors (Lipinski definition) is 7. The van der Waals surface area contributed by atoms with Crippen LogP contribution in [0.4, 0.5) is 5.69 Å². The first-order chi connectivity index (χ1) is 18.0. The molecule has 0 unspecified atom stereocenters. The third-order valence-corrected chi connectivity index (χ3v) is 7.49. The number of ketones is 1. The Bertz CT molecular complexity index is 1880. The molecule has 9 heteroatoms. The predicted octanol–water partition coefficient (Wildman–Crippen LogP) is 4.71. The minimum absolute atomic E-state index is 0.140. The van der Waals surface area contributed by atoms with Crippen molar-refractivity contribution in [3.63, 3.8) is 0 Å². The van der Waals surface area contributed by atoms with Crippen molar-refractivity contribution in [2.45, 2.75) is 0 Å². The molecule has 0 atom stereocenters. The third-order valence-electron chi connectivity index (χ3n) is 6.39. The summed E-state index contributed by atoms with van der Waals surface area (Å²) in [6.07, 6.45) is 0. The highest BCUT2D eigenvalue weighted by atomic mass is 32.1. The van der Waals surface area contributed by atoms with Gasteiger partial charge in [-0.25, -0.2) is 9.78 Å². The van der Waals surface area contributed by atoms with Gasteiger partial charge >= 0.3 is 11.3 Å². The van der Waals surface area contributed by atoms with Gasteiger partial charge in [0.15, 0.2) is 7.05 Å². The van der Waals surface area contributed by atoms with E-state index in [1.54, 1.807) is 7.11 Å². The van der Waals surface area contributed by atoms with E-state index >= 15 is 0 Å². The molecule has 0 saturated heterocycles. The summed E-state index contributed by atoms with van der Waals surface area (Å²) >= 11 is 1.16. The zero-order valence-corrected chi connectivity index (χ0v) is 20.8. The highest BCUT2D eigenvalue weighted by molar-refractivity contribution is 7.21. The van der Waals surface area contributed by atoms with Crippen molar-refractivity contribution >= 4 is 43.8 Å². The fourth-order valence-electron chi connectivity index (χ4n) is 4.57. The largest absolute Gasteiger partial charge is 0.497 e. The summed E-state index contributed by atoms with van der Waals surface area (Å²) < 4.78 is 11.4. The lowest BCUT2D eigenvalue weighted by molar-refractivity contribution is -0.741. The average molecular weight is 510 g/mol. The van der Waals surface area contributed by atoms with E-state index in [1.165, 1.54) is 11.7 Å². The summed E-state index contributed by atoms with van der Waals surface area (Å²) in [6, 6.07) is 23.8. The Hall–Kier alpha value is -4.76. The molecule has 6 aromatic rings. The zero-order chi connectivity index (χ0) is 25.7. The van der Waals surface area contributed by atoms with Gasteiger partial charge in [0.25, 0.3) is 5.78 Å². The van der Waals surface area contributed by atoms with Crippen LogP contribution in [0.1, 0.15) is 15.4 Å². The molecule has 3 heterocycles. The number of aryl methyl sites for hydroxylation is 1. The van der Waals surface area contributed by atoms with Gasteiger partial charge < -0.3 is 10.5 Å². The van der Waals surface area contributed by atoms with Crippen molar-refractivity contribution in [2.75, 3.05) is 12.8 Å². The van der Waals surface area contributed by atoms with Gasteiger partial charge in [0.2, 0.25) is 0 Å². The van der Waals surface area contributed by atoms with E-state index in [2.05, 4.69) is 23.5 Å². The van der Waals surface area contributed by atoms with Gasteiger partial charge in [0.05, 0.1) is 18.5 Å². The Labute approximate surface area is 214 Å². The fourth-order valence-corrected chi connectivity index (χ4v) is 5.63. The first kappa shape index (κ1) is 22.7. The van der Waals surface area contributed by atoms with Crippen LogP contribution in [0, 0.1) is 0 Å². The van der Waals surface area contributed by atoms with Crippen LogP contribution in [0.5, 0.6) is 5.75 Å². The zero-order valence-electron chi connectivity index (χ0n) is 19.9. The van der Waals surface area contributed by atoms with E-state index in [0.717, 1.165) is 50.2 Å². The number of thiophene rings is 1. The van der Waals surface area contributed by atoms with Crippen molar-refractivity contribution < 1.29 is 18.7 Å². The first-order valence-electron chi connectivity index (χ1n) is 11.4. The number of rotatable bonds is 5. The van der Waals surface area contributed by atoms with Crippen LogP contribution in [-0.4, -0.2) is 23.1 Å². The van der Waals surface area contributed by atoms with Crippen molar-refractivity contribution in [3.05, 3.63) is 93.8 Å². The van der Waals surface area contributed by atoms with Crippen LogP contribution in [0.3, 0.4) is 0 Å². The third kappa shape index (κ3) is 3.68. The molecule has 8 nitrogen and oxygen atoms in total. The lowest BCUT2D eigenvalue weighted by Gasteiger charge is -2.11. The number of nitrogens with zero attached hydrogens (tertiary/aromatic N) is 2. The van der Waals surface area contributed by atoms with Crippen LogP contribution >= 0.6 is 11.3 Å². The smallest absolute Gasteiger partial charge is 0.438 e. The minimum Gasteiger partial charge on any atom is -0.497 e. The maximum atomic E-state index is 13.4. The number of benzene rings is 3. The molecule has 0 radical (unpaired) electrons. The van der Waals surface area contributed by atoms with Gasteiger partial charge in [-0.15, -0.1) is 11.3 Å². The molecule has 0 saturated carbocycles. The highest BCUT2D eigenvalue weighted by Crippen LogP contribution is 2.42. The van der Waals surface area contributed by atoms with Crippen molar-refractivity contribution in [2.24, 2.45) is 7.05 Å². The number of nitrogens with two attached hydrogens (primary N) is 1. The number of H-pyrrole nitrogens is 1. The molecule has 0 amide bonds. The van der Waals surface area contributed by atoms with Gasteiger partial charge in [-0.1, -0.05) is 59.3 Å². The number of carbonyl (C=O) groups is 1. The maximum Gasteiger partial charge on any atom is 0.438 e. The predicted molar refractivity (Wildman–Crippen MR) is 143 cm³/mol. The molecule has 182 valence electrons. The second-order valence-corrected chi connectivity index (χ2v) is 9.55. The molecule has 3 aromatic carbocycles. The summed E-state index contributed by atoms with van der Waals surface area (Å²) in [5.41, 5.74) is 9.40. The first-order valence-corrected chi connectivity index (χ1v) is 12.3. The van der Waals surface area contributed by atoms with E-state index in [9.17, 15) is 9.59 Å². The summed E-state index contributed by atoms with van der Waals surface area (Å²) in [7, 11) is 3.14. The molecule has 0 aliphatic rings. The number of pyridine rings is 1. The van der Waals surface area contributed by atoms with Crippen molar-refractivity contribution in [3.8, 4) is 28.1 Å². The number of carbonyl (C=O) groups excluding carboxylic acids is 1. The number of methoxy groups -OCH3 is 1. The number of hydrogen-bond donors (Lipinski definition) is 2. The molecule has 37 heavy (non-hydrogen) atoms. The highest BCUT2D eigenvalue weighted by Gasteiger charge is 2.32. The lowest BCUT2D eigenvalue weighted by atomic mass is 9.97. The monoisotopic (exact) mass is 509 g/mol. The molecular formula is C28H21N4O4S+. The number of ether oxygens (including phenoxy) is 1. The summed E-state index contributed by atoms with van der Waals surface area (Å²) in [6.45, 7) is 0. The standard InChI is InChI=1S/C28H20N4O4S/c1-32-24(28(34)36-31-32)25(33)26-23(29)22-20(16-10-12-17(35-2)13-11-16)14-21(30-27(22)37-26)19-9-5-7-15-6-3-4-8-18(15)19/h3-14H,1-2H3,(H2-,29,31,33,34)/p+1. The van der Waals surface area contributed by atoms with E-state index in [1.807, 2.05) is 54.6 Å². The Balaban J connectivity index is 1.64. The van der Waals surface area contributed by atoms with Crippen LogP contribution in [-0.2, 0) is 7.05 Å². The van der Waals surface area contributed by atoms with Gasteiger partial charge in [-0.3, -0.25) is 9.32 Å². The number of aromatic nitrogens is 3. The van der Waals surface area contributed by atoms with E-state index in [0.29, 0.717) is 10.2 Å². The molecular weight excluding hydrogens is 488 g/mol. The summed E-state index contributed by atoms with van der Waals surface area (Å²) in [5.74, 6) is 0.203. The summed E-state index contributed by atoms with van der Waals surface area (Å²) in [5, 5.41) is 5.20. The normalized spacial score (nSPS) is 11.3. The molecule has 3 aromatic heterocycles. The number of fused-ring (bicyclic) bond motifs is 2. The van der Waals surface area contributed by atoms with Crippen LogP contribution in [0.25, 0.3) is 43.4 Å². The van der Waals surface area contributed by atoms with Crippen LogP contribution in [0.15, 0.2) is 82.1 Å². The number of aromatic amines is 1. The molecule has 0 spiro atoms. The molecule has 0 bridgehead atoms. The fraction of sp³-hybridized carbons (Fsp3) is 0.0714. The van der Waals surface area contributed by atoms with Crippen molar-refractivity contribution in [1.29, 1.82) is 0 Å². The molecule has 0 fully saturated rings. The minimum atomic E-state index is -0.760. The van der Waals surface area contributed by atoms with Gasteiger partial charge in [0, 0.05) is 10.9 Å². The van der Waals surface area contributed by atoms with Gasteiger partial charge in [0.1, 0.15) is 15.5 Å². The van der Waals surface area contributed by atoms with E-state index in [-0.39, 0.29) is 16.3 Å². The summed E-state index contributed by atoms with van der Waals surface area (Å²) in [4.78, 5) is 31.4. The van der Waals surface area contributed by atoms with E-state index in [4.69, 9.17) is 20.0 Å². The lowest BCUT2D eigenvalue weighted by Crippen LogP contribution is -2.39. The maximum absolute atomic E-state index is 13.4.